The maximum atomic E-state index is 11.4. The van der Waals surface area contributed by atoms with Crippen molar-refractivity contribution in [3.8, 4) is 0 Å². The molecule has 3 rings (SSSR count). The first-order valence-electron chi connectivity index (χ1n) is 7.27. The highest BCUT2D eigenvalue weighted by Crippen LogP contribution is 2.24. The maximum absolute atomic E-state index is 11.4. The number of halogens is 1. The first kappa shape index (κ1) is 15.4. The van der Waals surface area contributed by atoms with E-state index in [-0.39, 0.29) is 0 Å². The molecule has 0 saturated heterocycles. The number of rotatable bonds is 5. The van der Waals surface area contributed by atoms with Crippen LogP contribution in [0.25, 0.3) is 10.9 Å². The molecular weight excluding hydrogens is 312 g/mol. The number of hydrogen-bond donors (Lipinski definition) is 2. The first-order chi connectivity index (χ1) is 11.1. The average Bonchev–Trinajstić information content (AvgIpc) is 2.83. The van der Waals surface area contributed by atoms with E-state index in [1.165, 1.54) is 17.1 Å². The number of amides is 1. The number of nitrogens with one attached hydrogen (secondary N) is 1. The summed E-state index contributed by atoms with van der Waals surface area (Å²) in [6.45, 7) is 0.687. The summed E-state index contributed by atoms with van der Waals surface area (Å²) in [6, 6.07) is 7.65. The van der Waals surface area contributed by atoms with Crippen molar-refractivity contribution in [1.82, 2.24) is 9.55 Å². The van der Waals surface area contributed by atoms with Crippen LogP contribution in [0.5, 0.6) is 0 Å². The molecular formula is C17H17ClN4O. The Balaban J connectivity index is 1.76. The Morgan fingerprint density at radius 3 is 3.00 bits per heavy atom. The van der Waals surface area contributed by atoms with Gasteiger partial charge in [0.2, 0.25) is 0 Å². The summed E-state index contributed by atoms with van der Waals surface area (Å²) in [4.78, 5) is 15.3. The third-order valence-electron chi connectivity index (χ3n) is 3.83. The molecule has 0 bridgehead atoms. The van der Waals surface area contributed by atoms with Crippen LogP contribution in [0.1, 0.15) is 15.9 Å². The van der Waals surface area contributed by atoms with Gasteiger partial charge in [0.05, 0.1) is 11.3 Å². The zero-order valence-electron chi connectivity index (χ0n) is 12.7. The highest BCUT2D eigenvalue weighted by molar-refractivity contribution is 6.31. The minimum atomic E-state index is -0.486. The molecule has 0 saturated carbocycles. The summed E-state index contributed by atoms with van der Waals surface area (Å²) >= 11 is 6.06. The quantitative estimate of drug-likeness (QED) is 0.756. The SMILES string of the molecule is Cn1cc(CCNc2ccncc2C(N)=O)c2ccc(Cl)cc21. The van der Waals surface area contributed by atoms with Crippen molar-refractivity contribution in [3.05, 3.63) is 59.0 Å². The lowest BCUT2D eigenvalue weighted by Gasteiger charge is -2.09. The third kappa shape index (κ3) is 3.14. The Labute approximate surface area is 139 Å². The fourth-order valence-electron chi connectivity index (χ4n) is 2.72. The van der Waals surface area contributed by atoms with Crippen LogP contribution >= 0.6 is 11.6 Å². The maximum Gasteiger partial charge on any atom is 0.252 e. The lowest BCUT2D eigenvalue weighted by molar-refractivity contribution is 0.100. The molecule has 3 aromatic rings. The Hall–Kier alpha value is -2.53. The number of nitrogens with zero attached hydrogens (tertiary/aromatic N) is 2. The molecule has 2 aromatic heterocycles. The van der Waals surface area contributed by atoms with Gasteiger partial charge in [0.1, 0.15) is 0 Å². The Morgan fingerprint density at radius 1 is 1.39 bits per heavy atom. The fourth-order valence-corrected chi connectivity index (χ4v) is 2.88. The molecule has 5 nitrogen and oxygen atoms in total. The summed E-state index contributed by atoms with van der Waals surface area (Å²) in [5.74, 6) is -0.486. The minimum absolute atomic E-state index is 0.400. The number of fused-ring (bicyclic) bond motifs is 1. The second-order valence-corrected chi connectivity index (χ2v) is 5.83. The van der Waals surface area contributed by atoms with E-state index in [0.29, 0.717) is 17.8 Å². The van der Waals surface area contributed by atoms with Gasteiger partial charge in [0, 0.05) is 48.1 Å². The van der Waals surface area contributed by atoms with Gasteiger partial charge in [-0.05, 0) is 30.2 Å². The molecule has 118 valence electrons. The van der Waals surface area contributed by atoms with Crippen molar-refractivity contribution in [1.29, 1.82) is 0 Å². The van der Waals surface area contributed by atoms with Gasteiger partial charge in [-0.15, -0.1) is 0 Å². The van der Waals surface area contributed by atoms with Gasteiger partial charge in [0.25, 0.3) is 5.91 Å². The van der Waals surface area contributed by atoms with Crippen molar-refractivity contribution in [2.45, 2.75) is 6.42 Å². The zero-order valence-corrected chi connectivity index (χ0v) is 13.5. The molecule has 2 heterocycles. The molecule has 0 atom stereocenters. The molecule has 23 heavy (non-hydrogen) atoms. The Kier molecular flexibility index (Phi) is 4.21. The van der Waals surface area contributed by atoms with Crippen molar-refractivity contribution < 1.29 is 4.79 Å². The van der Waals surface area contributed by atoms with Gasteiger partial charge in [-0.1, -0.05) is 17.7 Å². The topological polar surface area (TPSA) is 72.9 Å². The van der Waals surface area contributed by atoms with Crippen LogP contribution in [-0.2, 0) is 13.5 Å². The van der Waals surface area contributed by atoms with E-state index >= 15 is 0 Å². The number of carbonyl (C=O) groups excluding carboxylic acids is 1. The van der Waals surface area contributed by atoms with Crippen molar-refractivity contribution in [2.75, 3.05) is 11.9 Å². The predicted molar refractivity (Wildman–Crippen MR) is 92.9 cm³/mol. The van der Waals surface area contributed by atoms with Gasteiger partial charge in [-0.3, -0.25) is 9.78 Å². The molecule has 1 amide bonds. The standard InChI is InChI=1S/C17H17ClN4O/c1-22-10-11(13-3-2-12(18)8-16(13)22)4-7-21-15-5-6-20-9-14(15)17(19)23/h2-3,5-6,8-10H,4,7H2,1H3,(H2,19,23)(H,20,21). The summed E-state index contributed by atoms with van der Waals surface area (Å²) in [7, 11) is 2.00. The second-order valence-electron chi connectivity index (χ2n) is 5.39. The minimum Gasteiger partial charge on any atom is -0.384 e. The number of nitrogens with two attached hydrogens (primary N) is 1. The van der Waals surface area contributed by atoms with Crippen LogP contribution in [0.4, 0.5) is 5.69 Å². The lowest BCUT2D eigenvalue weighted by Crippen LogP contribution is -2.15. The highest BCUT2D eigenvalue weighted by atomic mass is 35.5. The number of anilines is 1. The zero-order chi connectivity index (χ0) is 16.4. The number of hydrogen-bond acceptors (Lipinski definition) is 3. The largest absolute Gasteiger partial charge is 0.384 e. The molecule has 6 heteroatoms. The van der Waals surface area contributed by atoms with E-state index in [2.05, 4.69) is 21.1 Å². The second kappa shape index (κ2) is 6.30. The van der Waals surface area contributed by atoms with E-state index in [9.17, 15) is 4.79 Å². The van der Waals surface area contributed by atoms with Crippen LogP contribution in [0.3, 0.4) is 0 Å². The van der Waals surface area contributed by atoms with Crippen LogP contribution in [0.15, 0.2) is 42.9 Å². The predicted octanol–water partition coefficient (Wildman–Crippen LogP) is 2.98. The molecule has 0 spiro atoms. The van der Waals surface area contributed by atoms with Gasteiger partial charge in [-0.2, -0.15) is 0 Å². The number of pyridine rings is 1. The first-order valence-corrected chi connectivity index (χ1v) is 7.65. The van der Waals surface area contributed by atoms with Crippen LogP contribution in [-0.4, -0.2) is 22.0 Å². The summed E-state index contributed by atoms with van der Waals surface area (Å²) < 4.78 is 2.07. The number of aromatic nitrogens is 2. The third-order valence-corrected chi connectivity index (χ3v) is 4.07. The summed E-state index contributed by atoms with van der Waals surface area (Å²) in [5, 5.41) is 5.16. The monoisotopic (exact) mass is 328 g/mol. The van der Waals surface area contributed by atoms with Crippen LogP contribution in [0, 0.1) is 0 Å². The van der Waals surface area contributed by atoms with Gasteiger partial charge >= 0.3 is 0 Å². The Morgan fingerprint density at radius 2 is 2.22 bits per heavy atom. The fraction of sp³-hybridized carbons (Fsp3) is 0.176. The number of benzene rings is 1. The highest BCUT2D eigenvalue weighted by Gasteiger charge is 2.09. The van der Waals surface area contributed by atoms with Gasteiger partial charge < -0.3 is 15.6 Å². The number of aryl methyl sites for hydroxylation is 1. The molecule has 0 aliphatic rings. The Bertz CT molecular complexity index is 872. The van der Waals surface area contributed by atoms with E-state index in [4.69, 9.17) is 17.3 Å². The smallest absolute Gasteiger partial charge is 0.252 e. The van der Waals surface area contributed by atoms with E-state index in [1.54, 1.807) is 12.3 Å². The van der Waals surface area contributed by atoms with Crippen LogP contribution < -0.4 is 11.1 Å². The van der Waals surface area contributed by atoms with Crippen molar-refractivity contribution in [2.24, 2.45) is 12.8 Å². The molecule has 0 aliphatic carbocycles. The molecule has 0 unspecified atom stereocenters. The molecule has 0 fully saturated rings. The van der Waals surface area contributed by atoms with Crippen LogP contribution in [0.2, 0.25) is 5.02 Å². The van der Waals surface area contributed by atoms with Crippen molar-refractivity contribution in [3.63, 3.8) is 0 Å². The van der Waals surface area contributed by atoms with Gasteiger partial charge in [0.15, 0.2) is 0 Å². The number of carbonyl (C=O) groups is 1. The summed E-state index contributed by atoms with van der Waals surface area (Å²) in [6.07, 6.45) is 6.03. The molecule has 3 N–H and O–H groups in total. The normalized spacial score (nSPS) is 10.9. The van der Waals surface area contributed by atoms with Crippen molar-refractivity contribution >= 4 is 34.1 Å². The van der Waals surface area contributed by atoms with Gasteiger partial charge in [-0.25, -0.2) is 0 Å². The van der Waals surface area contributed by atoms with E-state index in [1.807, 2.05) is 25.2 Å². The summed E-state index contributed by atoms with van der Waals surface area (Å²) in [5.41, 5.74) is 8.79. The average molecular weight is 329 g/mol. The molecule has 1 aromatic carbocycles. The van der Waals surface area contributed by atoms with E-state index in [0.717, 1.165) is 17.0 Å². The molecule has 0 radical (unpaired) electrons. The van der Waals surface area contributed by atoms with E-state index < -0.39 is 5.91 Å². The number of primary amides is 1. The lowest BCUT2D eigenvalue weighted by atomic mass is 10.1. The molecule has 0 aliphatic heterocycles.